The molecule has 0 aromatic heterocycles. The van der Waals surface area contributed by atoms with Crippen LogP contribution in [0.1, 0.15) is 24.5 Å². The average Bonchev–Trinajstić information content (AvgIpc) is 2.71. The van der Waals surface area contributed by atoms with Gasteiger partial charge in [-0.2, -0.15) is 0 Å². The van der Waals surface area contributed by atoms with Gasteiger partial charge in [0.05, 0.1) is 12.7 Å². The lowest BCUT2D eigenvalue weighted by atomic mass is 10.1. The summed E-state index contributed by atoms with van der Waals surface area (Å²) in [5.41, 5.74) is 0.816. The summed E-state index contributed by atoms with van der Waals surface area (Å²) in [5.74, 6) is 0. The molecule has 1 heterocycles. The number of β-amino-alcohol motifs (C(OH)–C–C–N with tert-alkyl or cyclic N) is 1. The molecule has 1 aliphatic rings. The number of hydrogen-bond acceptors (Lipinski definition) is 4. The highest BCUT2D eigenvalue weighted by Crippen LogP contribution is 2.25. The third kappa shape index (κ3) is 5.24. The summed E-state index contributed by atoms with van der Waals surface area (Å²) < 4.78 is 0. The third-order valence-electron chi connectivity index (χ3n) is 4.08. The van der Waals surface area contributed by atoms with E-state index < -0.39 is 6.10 Å². The van der Waals surface area contributed by atoms with Gasteiger partial charge in [-0.15, -0.1) is 0 Å². The second kappa shape index (κ2) is 8.71. The molecule has 1 aliphatic heterocycles. The van der Waals surface area contributed by atoms with E-state index in [0.717, 1.165) is 51.3 Å². The second-order valence-electron chi connectivity index (χ2n) is 5.59. The van der Waals surface area contributed by atoms with E-state index in [4.69, 9.17) is 16.7 Å². The van der Waals surface area contributed by atoms with Gasteiger partial charge in [0.15, 0.2) is 0 Å². The first-order chi connectivity index (χ1) is 10.2. The molecule has 1 unspecified atom stereocenters. The Kier molecular flexibility index (Phi) is 6.93. The highest BCUT2D eigenvalue weighted by Gasteiger charge is 2.17. The van der Waals surface area contributed by atoms with Crippen LogP contribution in [0.25, 0.3) is 0 Å². The number of nitrogens with zero attached hydrogens (tertiary/aromatic N) is 2. The Morgan fingerprint density at radius 1 is 1.05 bits per heavy atom. The molecule has 0 spiro atoms. The van der Waals surface area contributed by atoms with Crippen molar-refractivity contribution in [3.05, 3.63) is 34.9 Å². The lowest BCUT2D eigenvalue weighted by Gasteiger charge is -2.22. The van der Waals surface area contributed by atoms with E-state index in [9.17, 15) is 5.11 Å². The number of halogens is 1. The van der Waals surface area contributed by atoms with Crippen LogP contribution in [-0.2, 0) is 0 Å². The zero-order chi connectivity index (χ0) is 15.1. The zero-order valence-corrected chi connectivity index (χ0v) is 13.2. The van der Waals surface area contributed by atoms with Crippen LogP contribution in [0.3, 0.4) is 0 Å². The van der Waals surface area contributed by atoms with E-state index in [1.165, 1.54) is 0 Å². The fourth-order valence-corrected chi connectivity index (χ4v) is 3.08. The minimum Gasteiger partial charge on any atom is -0.395 e. The van der Waals surface area contributed by atoms with Crippen LogP contribution < -0.4 is 0 Å². The van der Waals surface area contributed by atoms with Gasteiger partial charge in [-0.05, 0) is 37.6 Å². The van der Waals surface area contributed by atoms with Gasteiger partial charge < -0.3 is 15.1 Å². The Bertz CT molecular complexity index is 430. The summed E-state index contributed by atoms with van der Waals surface area (Å²) in [4.78, 5) is 4.68. The van der Waals surface area contributed by atoms with Crippen LogP contribution in [0.15, 0.2) is 24.3 Å². The molecule has 2 N–H and O–H groups in total. The van der Waals surface area contributed by atoms with E-state index in [0.29, 0.717) is 11.4 Å². The van der Waals surface area contributed by atoms with E-state index in [2.05, 4.69) is 9.80 Å². The van der Waals surface area contributed by atoms with Crippen molar-refractivity contribution in [2.24, 2.45) is 0 Å². The van der Waals surface area contributed by atoms with Gasteiger partial charge in [0.25, 0.3) is 0 Å². The van der Waals surface area contributed by atoms with Gasteiger partial charge in [0.2, 0.25) is 0 Å². The van der Waals surface area contributed by atoms with Crippen LogP contribution in [0.4, 0.5) is 0 Å². The fourth-order valence-electron chi connectivity index (χ4n) is 2.82. The largest absolute Gasteiger partial charge is 0.395 e. The Balaban J connectivity index is 1.79. The van der Waals surface area contributed by atoms with Crippen LogP contribution in [0, 0.1) is 0 Å². The fraction of sp³-hybridized carbons (Fsp3) is 0.625. The molecular formula is C16H25ClN2O2. The van der Waals surface area contributed by atoms with Gasteiger partial charge in [-0.25, -0.2) is 0 Å². The van der Waals surface area contributed by atoms with E-state index >= 15 is 0 Å². The third-order valence-corrected chi connectivity index (χ3v) is 4.42. The highest BCUT2D eigenvalue weighted by molar-refractivity contribution is 6.31. The number of aliphatic hydroxyl groups excluding tert-OH is 2. The molecule has 0 amide bonds. The predicted octanol–water partition coefficient (Wildman–Crippen LogP) is 1.76. The molecule has 4 nitrogen and oxygen atoms in total. The first-order valence-corrected chi connectivity index (χ1v) is 8.06. The summed E-state index contributed by atoms with van der Waals surface area (Å²) in [5, 5.41) is 19.9. The number of hydrogen-bond donors (Lipinski definition) is 2. The Morgan fingerprint density at radius 3 is 2.38 bits per heavy atom. The molecule has 0 radical (unpaired) electrons. The lowest BCUT2D eigenvalue weighted by Crippen LogP contribution is -2.33. The van der Waals surface area contributed by atoms with Gasteiger partial charge in [0.1, 0.15) is 0 Å². The normalized spacial score (nSPS) is 19.4. The maximum atomic E-state index is 10.3. The summed E-state index contributed by atoms with van der Waals surface area (Å²) in [7, 11) is 0. The standard InChI is InChI=1S/C16H25ClN2O2/c17-15-5-2-1-4-14(15)16(21)6-9-18-7-3-8-19(11-10-18)12-13-20/h1-2,4-5,16,20-21H,3,6-13H2. The van der Waals surface area contributed by atoms with Gasteiger partial charge >= 0.3 is 0 Å². The Morgan fingerprint density at radius 2 is 1.71 bits per heavy atom. The maximum absolute atomic E-state index is 10.3. The average molecular weight is 313 g/mol. The monoisotopic (exact) mass is 312 g/mol. The summed E-state index contributed by atoms with van der Waals surface area (Å²) in [6.45, 7) is 5.94. The van der Waals surface area contributed by atoms with Crippen LogP contribution in [-0.4, -0.2) is 65.9 Å². The molecule has 118 valence electrons. The molecule has 1 fully saturated rings. The molecule has 1 saturated heterocycles. The summed E-state index contributed by atoms with van der Waals surface area (Å²) in [6, 6.07) is 7.49. The molecule has 1 atom stereocenters. The van der Waals surface area contributed by atoms with E-state index in [1.54, 1.807) is 0 Å². The second-order valence-corrected chi connectivity index (χ2v) is 5.99. The number of aliphatic hydroxyl groups is 2. The number of benzene rings is 1. The minimum absolute atomic E-state index is 0.227. The molecule has 2 rings (SSSR count). The van der Waals surface area contributed by atoms with Crippen molar-refractivity contribution in [2.45, 2.75) is 18.9 Å². The Hall–Kier alpha value is -0.650. The lowest BCUT2D eigenvalue weighted by molar-refractivity contribution is 0.141. The first-order valence-electron chi connectivity index (χ1n) is 7.69. The summed E-state index contributed by atoms with van der Waals surface area (Å²) >= 11 is 6.12. The Labute approximate surface area is 131 Å². The SMILES string of the molecule is OCCN1CCCN(CCC(O)c2ccccc2Cl)CC1. The van der Waals surface area contributed by atoms with Crippen molar-refractivity contribution in [3.8, 4) is 0 Å². The first kappa shape index (κ1) is 16.7. The van der Waals surface area contributed by atoms with Gasteiger partial charge in [-0.3, -0.25) is 4.90 Å². The zero-order valence-electron chi connectivity index (χ0n) is 12.4. The van der Waals surface area contributed by atoms with Crippen molar-refractivity contribution < 1.29 is 10.2 Å². The molecule has 1 aromatic rings. The molecule has 5 heteroatoms. The quantitative estimate of drug-likeness (QED) is 0.840. The molecule has 0 aliphatic carbocycles. The van der Waals surface area contributed by atoms with E-state index in [1.807, 2.05) is 24.3 Å². The minimum atomic E-state index is -0.504. The van der Waals surface area contributed by atoms with E-state index in [-0.39, 0.29) is 6.61 Å². The topological polar surface area (TPSA) is 46.9 Å². The van der Waals surface area contributed by atoms with Crippen LogP contribution >= 0.6 is 11.6 Å². The predicted molar refractivity (Wildman–Crippen MR) is 85.6 cm³/mol. The van der Waals surface area contributed by atoms with Crippen molar-refractivity contribution in [1.82, 2.24) is 9.80 Å². The van der Waals surface area contributed by atoms with Crippen molar-refractivity contribution in [1.29, 1.82) is 0 Å². The molecule has 0 bridgehead atoms. The van der Waals surface area contributed by atoms with Crippen LogP contribution in [0.2, 0.25) is 5.02 Å². The van der Waals surface area contributed by atoms with Gasteiger partial charge in [-0.1, -0.05) is 29.8 Å². The molecule has 1 aromatic carbocycles. The van der Waals surface area contributed by atoms with Gasteiger partial charge in [0, 0.05) is 31.2 Å². The maximum Gasteiger partial charge on any atom is 0.0816 e. The van der Waals surface area contributed by atoms with Crippen LogP contribution in [0.5, 0.6) is 0 Å². The smallest absolute Gasteiger partial charge is 0.0816 e. The van der Waals surface area contributed by atoms with Crippen molar-refractivity contribution >= 4 is 11.6 Å². The molecular weight excluding hydrogens is 288 g/mol. The molecule has 21 heavy (non-hydrogen) atoms. The summed E-state index contributed by atoms with van der Waals surface area (Å²) in [6.07, 6.45) is 1.31. The van der Waals surface area contributed by atoms with Crippen molar-refractivity contribution in [3.63, 3.8) is 0 Å². The number of rotatable bonds is 6. The van der Waals surface area contributed by atoms with Crippen molar-refractivity contribution in [2.75, 3.05) is 45.9 Å². The highest BCUT2D eigenvalue weighted by atomic mass is 35.5. The molecule has 0 saturated carbocycles.